The SMILES string of the molecule is Cc1csc(C(C)NC(=O)C(N)c2cccs2)n1. The van der Waals surface area contributed by atoms with Gasteiger partial charge in [-0.2, -0.15) is 0 Å². The lowest BCUT2D eigenvalue weighted by Gasteiger charge is -2.15. The third-order valence-corrected chi connectivity index (χ3v) is 4.60. The first-order chi connectivity index (χ1) is 8.58. The topological polar surface area (TPSA) is 68.0 Å². The molecule has 0 aliphatic heterocycles. The van der Waals surface area contributed by atoms with Gasteiger partial charge in [0.15, 0.2) is 0 Å². The van der Waals surface area contributed by atoms with Crippen molar-refractivity contribution < 1.29 is 4.79 Å². The molecule has 3 N–H and O–H groups in total. The van der Waals surface area contributed by atoms with Gasteiger partial charge in [-0.3, -0.25) is 4.79 Å². The van der Waals surface area contributed by atoms with Gasteiger partial charge in [0.05, 0.1) is 6.04 Å². The van der Waals surface area contributed by atoms with E-state index < -0.39 is 6.04 Å². The van der Waals surface area contributed by atoms with Crippen molar-refractivity contribution in [3.05, 3.63) is 38.5 Å². The van der Waals surface area contributed by atoms with Crippen LogP contribution in [0.5, 0.6) is 0 Å². The molecule has 0 aromatic carbocycles. The van der Waals surface area contributed by atoms with Crippen molar-refractivity contribution >= 4 is 28.6 Å². The molecule has 0 bridgehead atoms. The van der Waals surface area contributed by atoms with E-state index in [4.69, 9.17) is 5.73 Å². The van der Waals surface area contributed by atoms with Gasteiger partial charge in [0.2, 0.25) is 5.91 Å². The first-order valence-corrected chi connectivity index (χ1v) is 7.35. The lowest BCUT2D eigenvalue weighted by atomic mass is 10.2. The number of hydrogen-bond acceptors (Lipinski definition) is 5. The van der Waals surface area contributed by atoms with Crippen molar-refractivity contribution in [3.63, 3.8) is 0 Å². The number of thiazole rings is 1. The number of nitrogens with one attached hydrogen (secondary N) is 1. The van der Waals surface area contributed by atoms with Gasteiger partial charge in [-0.05, 0) is 25.3 Å². The molecule has 0 saturated carbocycles. The maximum atomic E-state index is 12.0. The van der Waals surface area contributed by atoms with E-state index in [2.05, 4.69) is 10.3 Å². The number of nitrogens with two attached hydrogens (primary N) is 1. The van der Waals surface area contributed by atoms with Gasteiger partial charge in [0, 0.05) is 16.0 Å². The second-order valence-electron chi connectivity index (χ2n) is 4.05. The number of hydrogen-bond donors (Lipinski definition) is 2. The maximum absolute atomic E-state index is 12.0. The fourth-order valence-corrected chi connectivity index (χ4v) is 3.06. The van der Waals surface area contributed by atoms with E-state index >= 15 is 0 Å². The van der Waals surface area contributed by atoms with E-state index in [1.54, 1.807) is 11.3 Å². The average molecular weight is 281 g/mol. The molecule has 0 fully saturated rings. The lowest BCUT2D eigenvalue weighted by Crippen LogP contribution is -2.35. The highest BCUT2D eigenvalue weighted by Crippen LogP contribution is 2.20. The molecule has 0 aliphatic carbocycles. The molecule has 4 nitrogen and oxygen atoms in total. The molecule has 2 aromatic heterocycles. The number of carbonyl (C=O) groups excluding carboxylic acids is 1. The number of aryl methyl sites for hydroxylation is 1. The van der Waals surface area contributed by atoms with Gasteiger partial charge in [-0.25, -0.2) is 4.98 Å². The van der Waals surface area contributed by atoms with Crippen LogP contribution in [0.1, 0.15) is 34.6 Å². The highest BCUT2D eigenvalue weighted by Gasteiger charge is 2.20. The zero-order valence-electron chi connectivity index (χ0n) is 10.2. The summed E-state index contributed by atoms with van der Waals surface area (Å²) in [7, 11) is 0. The summed E-state index contributed by atoms with van der Waals surface area (Å²) < 4.78 is 0. The van der Waals surface area contributed by atoms with Crippen LogP contribution in [0.2, 0.25) is 0 Å². The minimum atomic E-state index is -0.603. The average Bonchev–Trinajstić information content (AvgIpc) is 2.98. The van der Waals surface area contributed by atoms with Crippen molar-refractivity contribution in [2.24, 2.45) is 5.73 Å². The van der Waals surface area contributed by atoms with Gasteiger partial charge in [-0.15, -0.1) is 22.7 Å². The van der Waals surface area contributed by atoms with Crippen LogP contribution in [0.4, 0.5) is 0 Å². The van der Waals surface area contributed by atoms with Crippen molar-refractivity contribution in [1.82, 2.24) is 10.3 Å². The molecule has 2 rings (SSSR count). The summed E-state index contributed by atoms with van der Waals surface area (Å²) in [6, 6.07) is 3.05. The Kier molecular flexibility index (Phi) is 4.11. The highest BCUT2D eigenvalue weighted by atomic mass is 32.1. The molecular weight excluding hydrogens is 266 g/mol. The van der Waals surface area contributed by atoms with Crippen LogP contribution < -0.4 is 11.1 Å². The molecule has 0 spiro atoms. The van der Waals surface area contributed by atoms with E-state index in [-0.39, 0.29) is 11.9 Å². The fourth-order valence-electron chi connectivity index (χ4n) is 1.53. The van der Waals surface area contributed by atoms with Crippen molar-refractivity contribution in [2.75, 3.05) is 0 Å². The van der Waals surface area contributed by atoms with Crippen LogP contribution >= 0.6 is 22.7 Å². The van der Waals surface area contributed by atoms with Crippen molar-refractivity contribution in [1.29, 1.82) is 0 Å². The van der Waals surface area contributed by atoms with E-state index in [9.17, 15) is 4.79 Å². The Labute approximate surface area is 114 Å². The maximum Gasteiger partial charge on any atom is 0.242 e. The van der Waals surface area contributed by atoms with Crippen LogP contribution in [0.25, 0.3) is 0 Å². The van der Waals surface area contributed by atoms with Crippen LogP contribution in [-0.2, 0) is 4.79 Å². The van der Waals surface area contributed by atoms with Gasteiger partial charge in [0.25, 0.3) is 0 Å². The molecule has 2 heterocycles. The smallest absolute Gasteiger partial charge is 0.242 e. The summed E-state index contributed by atoms with van der Waals surface area (Å²) in [4.78, 5) is 17.2. The van der Waals surface area contributed by atoms with Gasteiger partial charge in [-0.1, -0.05) is 6.07 Å². The molecule has 0 aliphatic rings. The molecule has 18 heavy (non-hydrogen) atoms. The Morgan fingerprint density at radius 3 is 2.83 bits per heavy atom. The molecule has 2 aromatic rings. The van der Waals surface area contributed by atoms with Crippen LogP contribution in [-0.4, -0.2) is 10.9 Å². The zero-order valence-corrected chi connectivity index (χ0v) is 11.8. The monoisotopic (exact) mass is 281 g/mol. The van der Waals surface area contributed by atoms with E-state index in [0.29, 0.717) is 0 Å². The standard InChI is InChI=1S/C12H15N3OS2/c1-7-6-18-12(14-7)8(2)15-11(16)10(13)9-4-3-5-17-9/h3-6,8,10H,13H2,1-2H3,(H,15,16). The summed E-state index contributed by atoms with van der Waals surface area (Å²) in [6.07, 6.45) is 0. The second kappa shape index (κ2) is 5.60. The molecule has 96 valence electrons. The molecular formula is C12H15N3OS2. The van der Waals surface area contributed by atoms with Gasteiger partial charge >= 0.3 is 0 Å². The Hall–Kier alpha value is -1.24. The summed E-state index contributed by atoms with van der Waals surface area (Å²) in [5, 5.41) is 7.67. The predicted molar refractivity (Wildman–Crippen MR) is 74.7 cm³/mol. The number of aromatic nitrogens is 1. The molecule has 6 heteroatoms. The van der Waals surface area contributed by atoms with E-state index in [1.807, 2.05) is 36.7 Å². The first-order valence-electron chi connectivity index (χ1n) is 5.59. The fraction of sp³-hybridized carbons (Fsp3) is 0.333. The Morgan fingerprint density at radius 1 is 1.50 bits per heavy atom. The van der Waals surface area contributed by atoms with E-state index in [1.165, 1.54) is 11.3 Å². The summed E-state index contributed by atoms with van der Waals surface area (Å²) in [5.74, 6) is -0.169. The largest absolute Gasteiger partial charge is 0.345 e. The number of rotatable bonds is 4. The summed E-state index contributed by atoms with van der Waals surface area (Å²) in [6.45, 7) is 3.85. The summed E-state index contributed by atoms with van der Waals surface area (Å²) in [5.41, 5.74) is 6.87. The number of nitrogens with zero attached hydrogens (tertiary/aromatic N) is 1. The Balaban J connectivity index is 1.99. The van der Waals surface area contributed by atoms with Crippen molar-refractivity contribution in [2.45, 2.75) is 25.9 Å². The predicted octanol–water partition coefficient (Wildman–Crippen LogP) is 2.39. The lowest BCUT2D eigenvalue weighted by molar-refractivity contribution is -0.123. The highest BCUT2D eigenvalue weighted by molar-refractivity contribution is 7.10. The summed E-state index contributed by atoms with van der Waals surface area (Å²) >= 11 is 3.03. The molecule has 2 unspecified atom stereocenters. The minimum absolute atomic E-state index is 0.109. The van der Waals surface area contributed by atoms with Crippen molar-refractivity contribution in [3.8, 4) is 0 Å². The number of carbonyl (C=O) groups is 1. The van der Waals surface area contributed by atoms with Crippen LogP contribution in [0.15, 0.2) is 22.9 Å². The van der Waals surface area contributed by atoms with E-state index in [0.717, 1.165) is 15.6 Å². The molecule has 2 atom stereocenters. The van der Waals surface area contributed by atoms with Crippen LogP contribution in [0, 0.1) is 6.92 Å². The quantitative estimate of drug-likeness (QED) is 0.904. The minimum Gasteiger partial charge on any atom is -0.345 e. The normalized spacial score (nSPS) is 14.2. The Morgan fingerprint density at radius 2 is 2.28 bits per heavy atom. The zero-order chi connectivity index (χ0) is 13.1. The van der Waals surface area contributed by atoms with Gasteiger partial charge in [0.1, 0.15) is 11.0 Å². The first kappa shape index (κ1) is 13.2. The van der Waals surface area contributed by atoms with Gasteiger partial charge < -0.3 is 11.1 Å². The number of thiophene rings is 1. The Bertz CT molecular complexity index is 521. The number of amides is 1. The third-order valence-electron chi connectivity index (χ3n) is 2.50. The third kappa shape index (κ3) is 2.95. The molecule has 0 radical (unpaired) electrons. The molecule has 1 amide bonds. The molecule has 0 saturated heterocycles. The second-order valence-corrected chi connectivity index (χ2v) is 5.92. The van der Waals surface area contributed by atoms with Crippen LogP contribution in [0.3, 0.4) is 0 Å².